The number of rotatable bonds is 7. The first-order valence-electron chi connectivity index (χ1n) is 10.7. The summed E-state index contributed by atoms with van der Waals surface area (Å²) in [5.74, 6) is -4.50. The molecule has 0 fully saturated rings. The number of hydrogen-bond acceptors (Lipinski definition) is 4. The van der Waals surface area contributed by atoms with E-state index in [1.54, 1.807) is 0 Å². The molecule has 1 atom stereocenters. The van der Waals surface area contributed by atoms with Crippen molar-refractivity contribution in [1.29, 1.82) is 0 Å². The second-order valence-corrected chi connectivity index (χ2v) is 10.3. The molecule has 6 nitrogen and oxygen atoms in total. The molecule has 13 heteroatoms. The van der Waals surface area contributed by atoms with Gasteiger partial charge in [-0.3, -0.25) is 19.2 Å². The van der Waals surface area contributed by atoms with Crippen LogP contribution in [0.5, 0.6) is 0 Å². The number of hydrazine groups is 1. The average molecular weight is 637 g/mol. The molecule has 4 rings (SSSR count). The Kier molecular flexibility index (Phi) is 8.57. The number of halogens is 7. The van der Waals surface area contributed by atoms with Crippen molar-refractivity contribution in [3.8, 4) is 0 Å². The van der Waals surface area contributed by atoms with Gasteiger partial charge < -0.3 is 0 Å². The van der Waals surface area contributed by atoms with Gasteiger partial charge in [-0.25, -0.2) is 9.40 Å². The number of amides is 3. The number of carbonyl (C=O) groups excluding carboxylic acids is 4. The van der Waals surface area contributed by atoms with Crippen LogP contribution in [0.15, 0.2) is 48.5 Å². The Labute approximate surface area is 245 Å². The van der Waals surface area contributed by atoms with E-state index in [0.29, 0.717) is 15.0 Å². The molecule has 3 aromatic rings. The highest BCUT2D eigenvalue weighted by Crippen LogP contribution is 2.45. The molecule has 0 saturated heterocycles. The maximum Gasteiger partial charge on any atom is 0.282 e. The average Bonchev–Trinajstić information content (AvgIpc) is 3.16. The van der Waals surface area contributed by atoms with E-state index >= 15 is 0 Å². The zero-order chi connectivity index (χ0) is 27.9. The zero-order valence-electron chi connectivity index (χ0n) is 18.8. The van der Waals surface area contributed by atoms with Gasteiger partial charge in [0.1, 0.15) is 11.9 Å². The lowest BCUT2D eigenvalue weighted by atomic mass is 10.0. The summed E-state index contributed by atoms with van der Waals surface area (Å²) in [7, 11) is 0. The van der Waals surface area contributed by atoms with Gasteiger partial charge in [-0.1, -0.05) is 58.0 Å². The minimum Gasteiger partial charge on any atom is -0.292 e. The van der Waals surface area contributed by atoms with Crippen LogP contribution in [0.3, 0.4) is 0 Å². The normalized spacial score (nSPS) is 13.5. The molecule has 0 saturated carbocycles. The Morgan fingerprint density at radius 3 is 1.71 bits per heavy atom. The summed E-state index contributed by atoms with van der Waals surface area (Å²) in [6.07, 6.45) is -0.187. The van der Waals surface area contributed by atoms with Crippen LogP contribution < -0.4 is 0 Å². The van der Waals surface area contributed by atoms with E-state index in [9.17, 15) is 23.6 Å². The third kappa shape index (κ3) is 4.99. The minimum atomic E-state index is -1.48. The maximum absolute atomic E-state index is 13.9. The summed E-state index contributed by atoms with van der Waals surface area (Å²) in [6.45, 7) is 0. The Morgan fingerprint density at radius 1 is 0.763 bits per heavy atom. The highest BCUT2D eigenvalue weighted by Gasteiger charge is 2.49. The molecule has 1 aliphatic heterocycles. The monoisotopic (exact) mass is 634 g/mol. The Morgan fingerprint density at radius 2 is 1.24 bits per heavy atom. The van der Waals surface area contributed by atoms with Gasteiger partial charge in [0, 0.05) is 22.0 Å². The van der Waals surface area contributed by atoms with E-state index in [2.05, 4.69) is 0 Å². The third-order valence-electron chi connectivity index (χ3n) is 5.70. The number of benzene rings is 3. The van der Waals surface area contributed by atoms with Crippen molar-refractivity contribution in [2.45, 2.75) is 12.5 Å². The van der Waals surface area contributed by atoms with Crippen LogP contribution in [0, 0.1) is 5.82 Å². The fourth-order valence-electron chi connectivity index (χ4n) is 3.90. The fraction of sp³-hybridized carbons (Fsp3) is 0.120. The quantitative estimate of drug-likeness (QED) is 0.0879. The van der Waals surface area contributed by atoms with Crippen LogP contribution >= 0.6 is 69.6 Å². The molecule has 3 aromatic carbocycles. The lowest BCUT2D eigenvalue weighted by molar-refractivity contribution is -0.00960. The van der Waals surface area contributed by atoms with Crippen LogP contribution in [0.2, 0.25) is 25.1 Å². The van der Waals surface area contributed by atoms with Gasteiger partial charge in [0.05, 0.1) is 31.2 Å². The summed E-state index contributed by atoms with van der Waals surface area (Å²) >= 11 is 36.7. The predicted molar refractivity (Wildman–Crippen MR) is 144 cm³/mol. The van der Waals surface area contributed by atoms with Gasteiger partial charge in [0.2, 0.25) is 0 Å². The maximum atomic E-state index is 13.9. The number of ketones is 1. The van der Waals surface area contributed by atoms with Crippen LogP contribution in [0.25, 0.3) is 0 Å². The molecule has 0 bridgehead atoms. The number of fused-ring (bicyclic) bond motifs is 1. The highest BCUT2D eigenvalue weighted by molar-refractivity contribution is 6.55. The van der Waals surface area contributed by atoms with E-state index in [1.807, 2.05) is 0 Å². The zero-order valence-corrected chi connectivity index (χ0v) is 23.3. The molecule has 1 heterocycles. The van der Waals surface area contributed by atoms with Gasteiger partial charge in [-0.15, -0.1) is 11.6 Å². The Balaban J connectivity index is 1.92. The van der Waals surface area contributed by atoms with Crippen LogP contribution in [0.4, 0.5) is 4.39 Å². The van der Waals surface area contributed by atoms with Crippen molar-refractivity contribution in [2.24, 2.45) is 0 Å². The van der Waals surface area contributed by atoms with Crippen LogP contribution in [-0.4, -0.2) is 45.4 Å². The number of nitrogens with zero attached hydrogens (tertiary/aromatic N) is 2. The molecule has 0 aromatic heterocycles. The SMILES string of the molecule is O=C(c1ccc(F)cc1)[C@@H](CCCl)N(C(=O)c1ccc(Cl)cc1)N1C(=O)c2c(Cl)c(Cl)c(Cl)c(Cl)c2C1=O. The van der Waals surface area contributed by atoms with Crippen molar-refractivity contribution in [2.75, 3.05) is 5.88 Å². The Hall–Kier alpha value is -2.39. The fourth-order valence-corrected chi connectivity index (χ4v) is 5.25. The molecule has 0 radical (unpaired) electrons. The number of alkyl halides is 1. The summed E-state index contributed by atoms with van der Waals surface area (Å²) in [4.78, 5) is 54.8. The molecule has 3 amide bonds. The smallest absolute Gasteiger partial charge is 0.282 e. The molecular weight excluding hydrogens is 624 g/mol. The molecule has 0 unspecified atom stereocenters. The van der Waals surface area contributed by atoms with Gasteiger partial charge in [-0.05, 0) is 55.0 Å². The predicted octanol–water partition coefficient (Wildman–Crippen LogP) is 7.63. The van der Waals surface area contributed by atoms with Crippen molar-refractivity contribution < 1.29 is 23.6 Å². The third-order valence-corrected chi connectivity index (χ3v) is 7.98. The molecule has 0 N–H and O–H groups in total. The molecule has 0 spiro atoms. The van der Waals surface area contributed by atoms with Gasteiger partial charge in [-0.2, -0.15) is 5.01 Å². The van der Waals surface area contributed by atoms with Crippen LogP contribution in [0.1, 0.15) is 47.9 Å². The van der Waals surface area contributed by atoms with E-state index in [-0.39, 0.29) is 54.6 Å². The lowest BCUT2D eigenvalue weighted by Crippen LogP contribution is -2.57. The molecule has 0 aliphatic carbocycles. The Bertz CT molecular complexity index is 1430. The van der Waals surface area contributed by atoms with Crippen molar-refractivity contribution in [3.63, 3.8) is 0 Å². The van der Waals surface area contributed by atoms with E-state index < -0.39 is 35.4 Å². The standard InChI is InChI=1S/C25H13Cl6FN2O4/c26-10-9-15(22(35)11-3-7-14(32)8-4-11)33(23(36)12-1-5-13(27)6-2-12)34-24(37)16-17(25(34)38)19(29)21(31)20(30)18(16)28/h1-8,15H,9-10H2/t15-/m1/s1. The number of Topliss-reactive ketones (excluding diaryl/α,β-unsaturated/α-hetero) is 1. The topological polar surface area (TPSA) is 74.8 Å². The van der Waals surface area contributed by atoms with Crippen molar-refractivity contribution >= 4 is 93.1 Å². The molecule has 196 valence electrons. The first-order valence-corrected chi connectivity index (χ1v) is 13.1. The number of hydrogen-bond donors (Lipinski definition) is 0. The van der Waals surface area contributed by atoms with E-state index in [1.165, 1.54) is 36.4 Å². The lowest BCUT2D eigenvalue weighted by Gasteiger charge is -2.36. The first-order chi connectivity index (χ1) is 18.0. The largest absolute Gasteiger partial charge is 0.292 e. The molecule has 1 aliphatic rings. The second kappa shape index (κ2) is 11.4. The van der Waals surface area contributed by atoms with Gasteiger partial charge in [0.25, 0.3) is 17.7 Å². The molecular formula is C25H13Cl6FN2O4. The first kappa shape index (κ1) is 28.6. The second-order valence-electron chi connectivity index (χ2n) is 7.95. The van der Waals surface area contributed by atoms with Gasteiger partial charge in [0.15, 0.2) is 5.78 Å². The van der Waals surface area contributed by atoms with E-state index in [0.717, 1.165) is 12.1 Å². The number of carbonyl (C=O) groups is 4. The van der Waals surface area contributed by atoms with Crippen molar-refractivity contribution in [1.82, 2.24) is 10.0 Å². The number of imide groups is 1. The minimum absolute atomic E-state index is 0.00851. The summed E-state index contributed by atoms with van der Waals surface area (Å²) < 4.78 is 13.5. The summed E-state index contributed by atoms with van der Waals surface area (Å²) in [5, 5.41) is 0.229. The van der Waals surface area contributed by atoms with Gasteiger partial charge >= 0.3 is 0 Å². The highest BCUT2D eigenvalue weighted by atomic mass is 35.5. The van der Waals surface area contributed by atoms with Crippen molar-refractivity contribution in [3.05, 3.63) is 102 Å². The summed E-state index contributed by atoms with van der Waals surface area (Å²) in [5.41, 5.74) is -0.771. The van der Waals surface area contributed by atoms with E-state index in [4.69, 9.17) is 69.6 Å². The summed E-state index contributed by atoms with van der Waals surface area (Å²) in [6, 6.07) is 8.59. The van der Waals surface area contributed by atoms with Crippen LogP contribution in [-0.2, 0) is 0 Å². The molecule has 38 heavy (non-hydrogen) atoms.